The molecule has 0 unspecified atom stereocenters. The lowest BCUT2D eigenvalue weighted by Gasteiger charge is -2.29. The van der Waals surface area contributed by atoms with Crippen molar-refractivity contribution in [1.29, 1.82) is 0 Å². The molecule has 0 spiro atoms. The van der Waals surface area contributed by atoms with E-state index in [1.165, 1.54) is 37.5 Å². The lowest BCUT2D eigenvalue weighted by Crippen LogP contribution is -2.38. The summed E-state index contributed by atoms with van der Waals surface area (Å²) in [4.78, 5) is 29.1. The second-order valence-corrected chi connectivity index (χ2v) is 9.59. The lowest BCUT2D eigenvalue weighted by molar-refractivity contribution is -0.116. The van der Waals surface area contributed by atoms with Crippen LogP contribution in [0.3, 0.4) is 0 Å². The standard InChI is InChI=1S/C20H25FN4O4S/c1-14-6-8-25(9-7-14)20(27)18-11-17(12-22-18)30(28,29)24(2)13-19(26)23-16-5-3-4-15(21)10-16/h3-5,10-12,14,22H,6-9,13H2,1-2H3,(H,23,26). The number of nitrogens with zero attached hydrogens (tertiary/aromatic N) is 2. The average Bonchev–Trinajstić information content (AvgIpc) is 3.19. The van der Waals surface area contributed by atoms with E-state index in [4.69, 9.17) is 0 Å². The third-order valence-corrected chi connectivity index (χ3v) is 6.92. The summed E-state index contributed by atoms with van der Waals surface area (Å²) in [6.07, 6.45) is 3.08. The summed E-state index contributed by atoms with van der Waals surface area (Å²) in [6, 6.07) is 6.60. The number of hydrogen-bond donors (Lipinski definition) is 2. The zero-order chi connectivity index (χ0) is 21.9. The Bertz CT molecular complexity index is 1030. The molecule has 0 aliphatic carbocycles. The molecule has 2 amide bonds. The molecule has 1 aromatic heterocycles. The number of halogens is 1. The molecule has 1 aromatic carbocycles. The number of rotatable bonds is 6. The van der Waals surface area contributed by atoms with E-state index in [-0.39, 0.29) is 22.2 Å². The summed E-state index contributed by atoms with van der Waals surface area (Å²) in [5, 5.41) is 2.45. The molecule has 2 heterocycles. The maximum atomic E-state index is 13.2. The van der Waals surface area contributed by atoms with Crippen LogP contribution >= 0.6 is 0 Å². The topological polar surface area (TPSA) is 103 Å². The molecule has 2 aromatic rings. The van der Waals surface area contributed by atoms with Gasteiger partial charge < -0.3 is 15.2 Å². The van der Waals surface area contributed by atoms with Crippen LogP contribution < -0.4 is 5.32 Å². The molecule has 30 heavy (non-hydrogen) atoms. The number of anilines is 1. The van der Waals surface area contributed by atoms with Gasteiger partial charge in [-0.1, -0.05) is 13.0 Å². The lowest BCUT2D eigenvalue weighted by atomic mass is 9.99. The van der Waals surface area contributed by atoms with Crippen molar-refractivity contribution in [2.45, 2.75) is 24.7 Å². The number of piperidine rings is 1. The molecule has 1 fully saturated rings. The van der Waals surface area contributed by atoms with Gasteiger partial charge in [0.1, 0.15) is 16.4 Å². The Morgan fingerprint density at radius 3 is 2.63 bits per heavy atom. The van der Waals surface area contributed by atoms with Gasteiger partial charge in [0.25, 0.3) is 5.91 Å². The summed E-state index contributed by atoms with van der Waals surface area (Å²) < 4.78 is 39.6. The largest absolute Gasteiger partial charge is 0.356 e. The first kappa shape index (κ1) is 22.0. The third-order valence-electron chi connectivity index (χ3n) is 5.14. The van der Waals surface area contributed by atoms with Crippen LogP contribution in [0.4, 0.5) is 10.1 Å². The second-order valence-electron chi connectivity index (χ2n) is 7.54. The van der Waals surface area contributed by atoms with Crippen LogP contribution in [0.15, 0.2) is 41.4 Å². The van der Waals surface area contributed by atoms with Crippen molar-refractivity contribution in [3.05, 3.63) is 48.0 Å². The number of hydrogen-bond acceptors (Lipinski definition) is 4. The summed E-state index contributed by atoms with van der Waals surface area (Å²) in [5.74, 6) is -0.793. The van der Waals surface area contributed by atoms with Crippen LogP contribution in [-0.2, 0) is 14.8 Å². The minimum atomic E-state index is -3.99. The van der Waals surface area contributed by atoms with Crippen LogP contribution in [0.5, 0.6) is 0 Å². The van der Waals surface area contributed by atoms with Crippen molar-refractivity contribution in [3.63, 3.8) is 0 Å². The maximum Gasteiger partial charge on any atom is 0.270 e. The summed E-state index contributed by atoms with van der Waals surface area (Å²) in [7, 11) is -2.73. The van der Waals surface area contributed by atoms with E-state index in [2.05, 4.69) is 17.2 Å². The van der Waals surface area contributed by atoms with Crippen molar-refractivity contribution in [1.82, 2.24) is 14.2 Å². The van der Waals surface area contributed by atoms with Crippen LogP contribution in [0, 0.1) is 11.7 Å². The zero-order valence-electron chi connectivity index (χ0n) is 16.9. The molecule has 2 N–H and O–H groups in total. The quantitative estimate of drug-likeness (QED) is 0.725. The molecular formula is C20H25FN4O4S. The fourth-order valence-electron chi connectivity index (χ4n) is 3.26. The third kappa shape index (κ3) is 5.06. The number of carbonyl (C=O) groups is 2. The van der Waals surface area contributed by atoms with E-state index in [0.29, 0.717) is 19.0 Å². The van der Waals surface area contributed by atoms with Crippen LogP contribution in [-0.4, -0.2) is 61.1 Å². The van der Waals surface area contributed by atoms with E-state index in [0.717, 1.165) is 23.2 Å². The molecule has 1 aliphatic heterocycles. The molecule has 0 atom stereocenters. The number of amides is 2. The van der Waals surface area contributed by atoms with Crippen molar-refractivity contribution in [2.24, 2.45) is 5.92 Å². The number of aromatic nitrogens is 1. The van der Waals surface area contributed by atoms with E-state index in [1.54, 1.807) is 4.90 Å². The van der Waals surface area contributed by atoms with Gasteiger partial charge in [-0.15, -0.1) is 0 Å². The Morgan fingerprint density at radius 2 is 1.97 bits per heavy atom. The molecule has 8 nitrogen and oxygen atoms in total. The predicted molar refractivity (Wildman–Crippen MR) is 110 cm³/mol. The predicted octanol–water partition coefficient (Wildman–Crippen LogP) is 2.29. The number of carbonyl (C=O) groups excluding carboxylic acids is 2. The minimum Gasteiger partial charge on any atom is -0.356 e. The first-order valence-electron chi connectivity index (χ1n) is 9.66. The first-order valence-corrected chi connectivity index (χ1v) is 11.1. The Hall–Kier alpha value is -2.72. The van der Waals surface area contributed by atoms with Gasteiger partial charge in [-0.3, -0.25) is 9.59 Å². The minimum absolute atomic E-state index is 0.0997. The fraction of sp³-hybridized carbons (Fsp3) is 0.400. The molecule has 0 bridgehead atoms. The highest BCUT2D eigenvalue weighted by atomic mass is 32.2. The van der Waals surface area contributed by atoms with Crippen molar-refractivity contribution < 1.29 is 22.4 Å². The summed E-state index contributed by atoms with van der Waals surface area (Å²) in [5.41, 5.74) is 0.428. The zero-order valence-corrected chi connectivity index (χ0v) is 17.7. The Balaban J connectivity index is 1.64. The number of sulfonamides is 1. The Labute approximate surface area is 175 Å². The Morgan fingerprint density at radius 1 is 1.27 bits per heavy atom. The van der Waals surface area contributed by atoms with Crippen LogP contribution in [0.25, 0.3) is 0 Å². The van der Waals surface area contributed by atoms with E-state index in [9.17, 15) is 22.4 Å². The number of H-pyrrole nitrogens is 1. The normalized spacial score (nSPS) is 15.4. The van der Waals surface area contributed by atoms with E-state index >= 15 is 0 Å². The average molecular weight is 437 g/mol. The fourth-order valence-corrected chi connectivity index (χ4v) is 4.38. The molecule has 10 heteroatoms. The number of likely N-dealkylation sites (N-methyl/N-ethyl adjacent to an activating group) is 1. The number of aromatic amines is 1. The molecule has 0 saturated carbocycles. The highest BCUT2D eigenvalue weighted by molar-refractivity contribution is 7.89. The van der Waals surface area contributed by atoms with Crippen LogP contribution in [0.2, 0.25) is 0 Å². The smallest absolute Gasteiger partial charge is 0.270 e. The van der Waals surface area contributed by atoms with E-state index in [1.807, 2.05) is 0 Å². The molecule has 3 rings (SSSR count). The molecule has 0 radical (unpaired) electrons. The van der Waals surface area contributed by atoms with Gasteiger partial charge in [-0.05, 0) is 43.0 Å². The van der Waals surface area contributed by atoms with Gasteiger partial charge in [0, 0.05) is 32.0 Å². The molecule has 1 saturated heterocycles. The van der Waals surface area contributed by atoms with Gasteiger partial charge in [0.05, 0.1) is 6.54 Å². The van der Waals surface area contributed by atoms with Crippen molar-refractivity contribution >= 4 is 27.5 Å². The highest BCUT2D eigenvalue weighted by Crippen LogP contribution is 2.20. The van der Waals surface area contributed by atoms with Crippen LogP contribution in [0.1, 0.15) is 30.3 Å². The van der Waals surface area contributed by atoms with Crippen molar-refractivity contribution in [3.8, 4) is 0 Å². The monoisotopic (exact) mass is 436 g/mol. The number of benzene rings is 1. The maximum absolute atomic E-state index is 13.2. The molecule has 1 aliphatic rings. The van der Waals surface area contributed by atoms with Gasteiger partial charge >= 0.3 is 0 Å². The second kappa shape index (κ2) is 8.97. The van der Waals surface area contributed by atoms with E-state index < -0.39 is 28.3 Å². The highest BCUT2D eigenvalue weighted by Gasteiger charge is 2.27. The Kier molecular flexibility index (Phi) is 6.57. The first-order chi connectivity index (χ1) is 14.2. The molecular weight excluding hydrogens is 411 g/mol. The SMILES string of the molecule is CC1CCN(C(=O)c2cc(S(=O)(=O)N(C)CC(=O)Nc3cccc(F)c3)c[nH]2)CC1. The summed E-state index contributed by atoms with van der Waals surface area (Å²) in [6.45, 7) is 2.96. The molecule has 162 valence electrons. The van der Waals surface area contributed by atoms with Gasteiger partial charge in [0.15, 0.2) is 0 Å². The van der Waals surface area contributed by atoms with Gasteiger partial charge in [0.2, 0.25) is 15.9 Å². The van der Waals surface area contributed by atoms with Crippen molar-refractivity contribution in [2.75, 3.05) is 32.0 Å². The number of likely N-dealkylation sites (tertiary alicyclic amines) is 1. The summed E-state index contributed by atoms with van der Waals surface area (Å²) >= 11 is 0. The van der Waals surface area contributed by atoms with Gasteiger partial charge in [-0.2, -0.15) is 4.31 Å². The number of nitrogens with one attached hydrogen (secondary N) is 2. The van der Waals surface area contributed by atoms with Gasteiger partial charge in [-0.25, -0.2) is 12.8 Å².